The number of aryl methyl sites for hydroxylation is 1. The minimum absolute atomic E-state index is 0.0489. The molecule has 2 rings (SSSR count). The molecule has 17 heavy (non-hydrogen) atoms. The predicted octanol–water partition coefficient (Wildman–Crippen LogP) is 1.87. The largest absolute Gasteiger partial charge is 0.372 e. The molecule has 0 amide bonds. The quantitative estimate of drug-likeness (QED) is 0.850. The van der Waals surface area contributed by atoms with Crippen LogP contribution in [-0.4, -0.2) is 28.3 Å². The van der Waals surface area contributed by atoms with Gasteiger partial charge >= 0.3 is 0 Å². The second-order valence-electron chi connectivity index (χ2n) is 4.96. The third kappa shape index (κ3) is 3.07. The summed E-state index contributed by atoms with van der Waals surface area (Å²) in [6.07, 6.45) is 9.89. The Kier molecular flexibility index (Phi) is 4.18. The van der Waals surface area contributed by atoms with E-state index in [0.29, 0.717) is 6.54 Å². The zero-order valence-corrected chi connectivity index (χ0v) is 10.7. The summed E-state index contributed by atoms with van der Waals surface area (Å²) in [6.45, 7) is 4.26. The standard InChI is InChI=1S/C13H23N3O/c1-12-15-7-8-16(12)9-10-17-13(11-14)5-3-2-4-6-13/h7-8H,2-6,9-11,14H2,1H3. The summed E-state index contributed by atoms with van der Waals surface area (Å²) in [5, 5.41) is 0. The zero-order chi connectivity index (χ0) is 12.1. The summed E-state index contributed by atoms with van der Waals surface area (Å²) >= 11 is 0. The summed E-state index contributed by atoms with van der Waals surface area (Å²) in [6, 6.07) is 0. The van der Waals surface area contributed by atoms with Crippen molar-refractivity contribution in [3.05, 3.63) is 18.2 Å². The summed E-state index contributed by atoms with van der Waals surface area (Å²) in [4.78, 5) is 4.20. The first-order valence-electron chi connectivity index (χ1n) is 6.57. The van der Waals surface area contributed by atoms with Crippen LogP contribution >= 0.6 is 0 Å². The Morgan fingerprint density at radius 1 is 1.41 bits per heavy atom. The summed E-state index contributed by atoms with van der Waals surface area (Å²) in [7, 11) is 0. The van der Waals surface area contributed by atoms with Crippen molar-refractivity contribution >= 4 is 0 Å². The van der Waals surface area contributed by atoms with E-state index in [1.807, 2.05) is 19.3 Å². The van der Waals surface area contributed by atoms with Crippen LogP contribution in [0.15, 0.2) is 12.4 Å². The summed E-state index contributed by atoms with van der Waals surface area (Å²) in [5.41, 5.74) is 5.83. The van der Waals surface area contributed by atoms with E-state index in [1.165, 1.54) is 19.3 Å². The molecule has 1 aliphatic carbocycles. The molecule has 0 aliphatic heterocycles. The van der Waals surface area contributed by atoms with Gasteiger partial charge in [-0.1, -0.05) is 19.3 Å². The van der Waals surface area contributed by atoms with Crippen molar-refractivity contribution in [2.24, 2.45) is 5.73 Å². The third-order valence-corrected chi connectivity index (χ3v) is 3.80. The van der Waals surface area contributed by atoms with Gasteiger partial charge in [0.05, 0.1) is 12.2 Å². The molecule has 0 spiro atoms. The highest BCUT2D eigenvalue weighted by atomic mass is 16.5. The maximum atomic E-state index is 6.07. The number of imidazole rings is 1. The van der Waals surface area contributed by atoms with Crippen LogP contribution in [0.25, 0.3) is 0 Å². The van der Waals surface area contributed by atoms with Gasteiger partial charge in [-0.2, -0.15) is 0 Å². The maximum absolute atomic E-state index is 6.07. The van der Waals surface area contributed by atoms with E-state index in [9.17, 15) is 0 Å². The van der Waals surface area contributed by atoms with E-state index in [-0.39, 0.29) is 5.60 Å². The normalized spacial score (nSPS) is 19.4. The Balaban J connectivity index is 1.82. The fourth-order valence-corrected chi connectivity index (χ4v) is 2.60. The highest BCUT2D eigenvalue weighted by Crippen LogP contribution is 2.30. The molecule has 0 unspecified atom stereocenters. The summed E-state index contributed by atoms with van der Waals surface area (Å²) in [5.74, 6) is 1.04. The van der Waals surface area contributed by atoms with Crippen LogP contribution in [0.5, 0.6) is 0 Å². The molecule has 4 heteroatoms. The monoisotopic (exact) mass is 237 g/mol. The molecule has 0 radical (unpaired) electrons. The number of nitrogens with two attached hydrogens (primary N) is 1. The van der Waals surface area contributed by atoms with Crippen molar-refractivity contribution in [3.63, 3.8) is 0 Å². The molecular formula is C13H23N3O. The lowest BCUT2D eigenvalue weighted by molar-refractivity contribution is -0.0659. The van der Waals surface area contributed by atoms with Crippen LogP contribution in [0.3, 0.4) is 0 Å². The first kappa shape index (κ1) is 12.6. The van der Waals surface area contributed by atoms with Crippen molar-refractivity contribution in [2.45, 2.75) is 51.2 Å². The van der Waals surface area contributed by atoms with E-state index in [4.69, 9.17) is 10.5 Å². The van der Waals surface area contributed by atoms with Crippen LogP contribution in [-0.2, 0) is 11.3 Å². The zero-order valence-electron chi connectivity index (χ0n) is 10.7. The van der Waals surface area contributed by atoms with Gasteiger partial charge in [0.1, 0.15) is 5.82 Å². The Morgan fingerprint density at radius 2 is 2.18 bits per heavy atom. The first-order valence-corrected chi connectivity index (χ1v) is 6.57. The van der Waals surface area contributed by atoms with E-state index in [1.54, 1.807) is 0 Å². The van der Waals surface area contributed by atoms with Gasteiger partial charge in [-0.15, -0.1) is 0 Å². The van der Waals surface area contributed by atoms with Crippen molar-refractivity contribution in [3.8, 4) is 0 Å². The molecular weight excluding hydrogens is 214 g/mol. The summed E-state index contributed by atoms with van der Waals surface area (Å²) < 4.78 is 8.19. The highest BCUT2D eigenvalue weighted by molar-refractivity contribution is 4.89. The molecule has 1 saturated carbocycles. The second-order valence-corrected chi connectivity index (χ2v) is 4.96. The number of ether oxygens (including phenoxy) is 1. The molecule has 2 N–H and O–H groups in total. The fourth-order valence-electron chi connectivity index (χ4n) is 2.60. The SMILES string of the molecule is Cc1nccn1CCOC1(CN)CCCCC1. The van der Waals surface area contributed by atoms with E-state index in [2.05, 4.69) is 9.55 Å². The van der Waals surface area contributed by atoms with Crippen LogP contribution < -0.4 is 5.73 Å². The molecule has 96 valence electrons. The number of hydrogen-bond donors (Lipinski definition) is 1. The van der Waals surface area contributed by atoms with Crippen LogP contribution in [0.1, 0.15) is 37.9 Å². The van der Waals surface area contributed by atoms with E-state index >= 15 is 0 Å². The molecule has 0 aromatic carbocycles. The van der Waals surface area contributed by atoms with Gasteiger partial charge in [0, 0.05) is 25.5 Å². The molecule has 4 nitrogen and oxygen atoms in total. The third-order valence-electron chi connectivity index (χ3n) is 3.80. The van der Waals surface area contributed by atoms with Gasteiger partial charge < -0.3 is 15.0 Å². The van der Waals surface area contributed by atoms with Crippen LogP contribution in [0, 0.1) is 6.92 Å². The van der Waals surface area contributed by atoms with Gasteiger partial charge in [-0.05, 0) is 19.8 Å². The van der Waals surface area contributed by atoms with Crippen molar-refractivity contribution in [1.29, 1.82) is 0 Å². The van der Waals surface area contributed by atoms with Gasteiger partial charge in [0.2, 0.25) is 0 Å². The lowest BCUT2D eigenvalue weighted by atomic mass is 9.85. The number of hydrogen-bond acceptors (Lipinski definition) is 3. The van der Waals surface area contributed by atoms with Crippen LogP contribution in [0.4, 0.5) is 0 Å². The Hall–Kier alpha value is -0.870. The smallest absolute Gasteiger partial charge is 0.105 e. The second kappa shape index (κ2) is 5.65. The lowest BCUT2D eigenvalue weighted by Crippen LogP contribution is -2.43. The molecule has 1 heterocycles. The van der Waals surface area contributed by atoms with E-state index < -0.39 is 0 Å². The molecule has 1 aromatic heterocycles. The fraction of sp³-hybridized carbons (Fsp3) is 0.769. The van der Waals surface area contributed by atoms with Crippen molar-refractivity contribution in [2.75, 3.05) is 13.2 Å². The molecule has 1 fully saturated rings. The number of rotatable bonds is 5. The lowest BCUT2D eigenvalue weighted by Gasteiger charge is -2.36. The van der Waals surface area contributed by atoms with Gasteiger partial charge in [-0.3, -0.25) is 0 Å². The topological polar surface area (TPSA) is 53.1 Å². The molecule has 1 aliphatic rings. The van der Waals surface area contributed by atoms with Gasteiger partial charge in [-0.25, -0.2) is 4.98 Å². The average Bonchev–Trinajstić information content (AvgIpc) is 2.76. The average molecular weight is 237 g/mol. The molecule has 0 atom stereocenters. The predicted molar refractivity (Wildman–Crippen MR) is 67.8 cm³/mol. The molecule has 1 aromatic rings. The van der Waals surface area contributed by atoms with Crippen LogP contribution in [0.2, 0.25) is 0 Å². The van der Waals surface area contributed by atoms with Gasteiger partial charge in [0.25, 0.3) is 0 Å². The van der Waals surface area contributed by atoms with Crippen molar-refractivity contribution < 1.29 is 4.74 Å². The maximum Gasteiger partial charge on any atom is 0.105 e. The minimum Gasteiger partial charge on any atom is -0.372 e. The minimum atomic E-state index is -0.0489. The highest BCUT2D eigenvalue weighted by Gasteiger charge is 2.31. The van der Waals surface area contributed by atoms with Gasteiger partial charge in [0.15, 0.2) is 0 Å². The molecule has 0 saturated heterocycles. The Labute approximate surface area is 103 Å². The Morgan fingerprint density at radius 3 is 2.76 bits per heavy atom. The van der Waals surface area contributed by atoms with E-state index in [0.717, 1.165) is 31.8 Å². The number of nitrogens with zero attached hydrogens (tertiary/aromatic N) is 2. The first-order chi connectivity index (χ1) is 8.26. The number of aromatic nitrogens is 2. The van der Waals surface area contributed by atoms with Crippen molar-refractivity contribution in [1.82, 2.24) is 9.55 Å². The molecule has 0 bridgehead atoms. The Bertz CT molecular complexity index is 342.